The van der Waals surface area contributed by atoms with E-state index in [0.29, 0.717) is 12.8 Å². The Hall–Kier alpha value is -0.460. The van der Waals surface area contributed by atoms with Crippen molar-refractivity contribution >= 4 is 33.2 Å². The van der Waals surface area contributed by atoms with Gasteiger partial charge in [-0.2, -0.15) is 0 Å². The predicted octanol–water partition coefficient (Wildman–Crippen LogP) is 3.73. The van der Waals surface area contributed by atoms with E-state index in [4.69, 9.17) is 4.74 Å². The zero-order valence-corrected chi connectivity index (χ0v) is 15.2. The van der Waals surface area contributed by atoms with E-state index in [9.17, 15) is 9.90 Å². The van der Waals surface area contributed by atoms with E-state index >= 15 is 0 Å². The number of hydrogen-bond acceptors (Lipinski definition) is 5. The number of rotatable bonds is 3. The molecule has 0 aromatic carbocycles. The van der Waals surface area contributed by atoms with Gasteiger partial charge < -0.3 is 9.84 Å². The molecule has 1 aliphatic carbocycles. The van der Waals surface area contributed by atoms with Crippen LogP contribution in [0.4, 0.5) is 0 Å². The summed E-state index contributed by atoms with van der Waals surface area (Å²) in [6.07, 6.45) is 2.68. The topological polar surface area (TPSA) is 59.4 Å². The number of ether oxygens (including phenoxy) is 1. The average Bonchev–Trinajstić information content (AvgIpc) is 2.74. The molecular formula is C15H22BrNO3S. The molecule has 1 fully saturated rings. The highest BCUT2D eigenvalue weighted by atomic mass is 79.9. The molecule has 4 atom stereocenters. The second kappa shape index (κ2) is 6.34. The number of carbonyl (C=O) groups excluding carboxylic acids is 1. The molecule has 6 heteroatoms. The highest BCUT2D eigenvalue weighted by Gasteiger charge is 2.47. The van der Waals surface area contributed by atoms with Crippen LogP contribution in [0.5, 0.6) is 0 Å². The van der Waals surface area contributed by atoms with Gasteiger partial charge in [0.1, 0.15) is 10.6 Å². The molecule has 0 spiro atoms. The summed E-state index contributed by atoms with van der Waals surface area (Å²) in [5.41, 5.74) is -0.940. The fourth-order valence-electron chi connectivity index (χ4n) is 3.38. The normalized spacial score (nSPS) is 33.2. The predicted molar refractivity (Wildman–Crippen MR) is 86.0 cm³/mol. The van der Waals surface area contributed by atoms with Crippen molar-refractivity contribution in [2.24, 2.45) is 17.8 Å². The third-order valence-electron chi connectivity index (χ3n) is 4.05. The number of aliphatic hydroxyl groups is 1. The van der Waals surface area contributed by atoms with Gasteiger partial charge in [0.05, 0.1) is 22.0 Å². The standard InChI is InChI=1S/C15H22BrNO3S/c1-8(2)20-13(18)12-9(3)5-15(19,6-10(12)4)14-17-7-11(16)21-14/h7-10,12,19H,5-6H2,1-4H3/t9-,10+,12+,15+. The van der Waals surface area contributed by atoms with E-state index in [2.05, 4.69) is 20.9 Å². The minimum atomic E-state index is -0.940. The maximum atomic E-state index is 12.3. The molecule has 0 radical (unpaired) electrons. The monoisotopic (exact) mass is 375 g/mol. The third-order valence-corrected chi connectivity index (χ3v) is 5.71. The number of aromatic nitrogens is 1. The first kappa shape index (κ1) is 16.9. The average molecular weight is 376 g/mol. The van der Waals surface area contributed by atoms with Crippen LogP contribution in [0.1, 0.15) is 45.5 Å². The van der Waals surface area contributed by atoms with E-state index in [1.54, 1.807) is 6.20 Å². The van der Waals surface area contributed by atoms with Gasteiger partial charge in [-0.15, -0.1) is 11.3 Å². The third kappa shape index (κ3) is 3.66. The number of carbonyl (C=O) groups is 1. The minimum absolute atomic E-state index is 0.0627. The van der Waals surface area contributed by atoms with Gasteiger partial charge in [-0.05, 0) is 54.5 Å². The van der Waals surface area contributed by atoms with E-state index in [-0.39, 0.29) is 29.8 Å². The van der Waals surface area contributed by atoms with E-state index < -0.39 is 5.60 Å². The van der Waals surface area contributed by atoms with Crippen LogP contribution in [0.2, 0.25) is 0 Å². The lowest BCUT2D eigenvalue weighted by Gasteiger charge is -2.42. The van der Waals surface area contributed by atoms with Crippen molar-refractivity contribution in [3.63, 3.8) is 0 Å². The molecule has 1 saturated carbocycles. The van der Waals surface area contributed by atoms with Crippen LogP contribution < -0.4 is 0 Å². The number of halogens is 1. The van der Waals surface area contributed by atoms with Gasteiger partial charge in [-0.25, -0.2) is 4.98 Å². The molecule has 1 aromatic rings. The fourth-order valence-corrected chi connectivity index (χ4v) is 4.70. The summed E-state index contributed by atoms with van der Waals surface area (Å²) in [5, 5.41) is 11.7. The Morgan fingerprint density at radius 3 is 2.48 bits per heavy atom. The lowest BCUT2D eigenvalue weighted by atomic mass is 9.67. The number of nitrogens with zero attached hydrogens (tertiary/aromatic N) is 1. The molecule has 0 saturated heterocycles. The lowest BCUT2D eigenvalue weighted by Crippen LogP contribution is -2.44. The maximum absolute atomic E-state index is 12.3. The molecule has 1 heterocycles. The molecule has 0 bridgehead atoms. The van der Waals surface area contributed by atoms with Crippen molar-refractivity contribution in [2.45, 2.75) is 52.2 Å². The van der Waals surface area contributed by atoms with E-state index in [0.717, 1.165) is 8.79 Å². The second-order valence-corrected chi connectivity index (χ2v) is 8.79. The Bertz CT molecular complexity index is 505. The highest BCUT2D eigenvalue weighted by molar-refractivity contribution is 9.11. The van der Waals surface area contributed by atoms with Gasteiger partial charge in [0.15, 0.2) is 0 Å². The number of hydrogen-bond donors (Lipinski definition) is 1. The van der Waals surface area contributed by atoms with E-state index in [1.807, 2.05) is 27.7 Å². The number of thiazole rings is 1. The zero-order valence-electron chi connectivity index (χ0n) is 12.8. The molecule has 2 rings (SSSR count). The smallest absolute Gasteiger partial charge is 0.309 e. The van der Waals surface area contributed by atoms with Gasteiger partial charge >= 0.3 is 5.97 Å². The summed E-state index contributed by atoms with van der Waals surface area (Å²) in [6.45, 7) is 7.74. The Kier molecular flexibility index (Phi) is 5.11. The first-order valence-electron chi connectivity index (χ1n) is 7.27. The second-order valence-electron chi connectivity index (χ2n) is 6.38. The van der Waals surface area contributed by atoms with Gasteiger partial charge in [-0.3, -0.25) is 4.79 Å². The van der Waals surface area contributed by atoms with Crippen molar-refractivity contribution in [3.05, 3.63) is 15.0 Å². The molecule has 1 aromatic heterocycles. The molecule has 0 amide bonds. The van der Waals surface area contributed by atoms with Crippen molar-refractivity contribution in [3.8, 4) is 0 Å². The molecule has 1 N–H and O–H groups in total. The SMILES string of the molecule is CC(C)OC(=O)[C@H]1[C@H](C)C[C@@](O)(c2ncc(Br)s2)C[C@@H]1C. The Morgan fingerprint density at radius 2 is 2.05 bits per heavy atom. The molecule has 1 aliphatic rings. The summed E-state index contributed by atoms with van der Waals surface area (Å²) in [5.74, 6) is -0.177. The Balaban J connectivity index is 2.16. The van der Waals surface area contributed by atoms with Gasteiger partial charge in [0.2, 0.25) is 0 Å². The lowest BCUT2D eigenvalue weighted by molar-refractivity contribution is -0.163. The summed E-state index contributed by atoms with van der Waals surface area (Å²) in [4.78, 5) is 16.6. The summed E-state index contributed by atoms with van der Waals surface area (Å²) >= 11 is 4.84. The van der Waals surface area contributed by atoms with Crippen molar-refractivity contribution in [1.82, 2.24) is 4.98 Å². The minimum Gasteiger partial charge on any atom is -0.463 e. The van der Waals surface area contributed by atoms with Gasteiger partial charge in [0, 0.05) is 0 Å². The number of esters is 1. The highest BCUT2D eigenvalue weighted by Crippen LogP contribution is 2.47. The van der Waals surface area contributed by atoms with Crippen LogP contribution >= 0.6 is 27.3 Å². The van der Waals surface area contributed by atoms with Crippen molar-refractivity contribution in [1.29, 1.82) is 0 Å². The summed E-state index contributed by atoms with van der Waals surface area (Å²) < 4.78 is 6.28. The molecule has 118 valence electrons. The quantitative estimate of drug-likeness (QED) is 0.817. The van der Waals surface area contributed by atoms with E-state index in [1.165, 1.54) is 11.3 Å². The van der Waals surface area contributed by atoms with Crippen LogP contribution in [0, 0.1) is 17.8 Å². The van der Waals surface area contributed by atoms with Crippen LogP contribution in [-0.4, -0.2) is 22.2 Å². The summed E-state index contributed by atoms with van der Waals surface area (Å²) in [7, 11) is 0. The van der Waals surface area contributed by atoms with Crippen LogP contribution in [0.3, 0.4) is 0 Å². The zero-order chi connectivity index (χ0) is 15.8. The maximum Gasteiger partial charge on any atom is 0.309 e. The molecule has 21 heavy (non-hydrogen) atoms. The molecule has 0 aliphatic heterocycles. The van der Waals surface area contributed by atoms with Crippen LogP contribution in [0.15, 0.2) is 9.98 Å². The van der Waals surface area contributed by atoms with Crippen LogP contribution in [0.25, 0.3) is 0 Å². The van der Waals surface area contributed by atoms with Crippen molar-refractivity contribution in [2.75, 3.05) is 0 Å². The first-order valence-corrected chi connectivity index (χ1v) is 8.88. The Labute approximate surface area is 138 Å². The largest absolute Gasteiger partial charge is 0.463 e. The molecule has 0 unspecified atom stereocenters. The molecule has 4 nitrogen and oxygen atoms in total. The van der Waals surface area contributed by atoms with Gasteiger partial charge in [-0.1, -0.05) is 13.8 Å². The Morgan fingerprint density at radius 1 is 1.48 bits per heavy atom. The molecular weight excluding hydrogens is 354 g/mol. The first-order chi connectivity index (χ1) is 9.73. The summed E-state index contributed by atoms with van der Waals surface area (Å²) in [6, 6.07) is 0. The van der Waals surface area contributed by atoms with Crippen molar-refractivity contribution < 1.29 is 14.6 Å². The fraction of sp³-hybridized carbons (Fsp3) is 0.733. The van der Waals surface area contributed by atoms with Crippen LogP contribution in [-0.2, 0) is 15.1 Å². The van der Waals surface area contributed by atoms with Gasteiger partial charge in [0.25, 0.3) is 0 Å².